The van der Waals surface area contributed by atoms with Gasteiger partial charge >= 0.3 is 5.97 Å². The smallest absolute Gasteiger partial charge is 0.348 e. The molecule has 3 heterocycles. The Labute approximate surface area is 157 Å². The molecule has 0 amide bonds. The summed E-state index contributed by atoms with van der Waals surface area (Å²) in [5, 5.41) is 1.93. The molecule has 0 atom stereocenters. The third-order valence-corrected chi connectivity index (χ3v) is 6.41. The second-order valence-corrected chi connectivity index (χ2v) is 7.89. The lowest BCUT2D eigenvalue weighted by Crippen LogP contribution is -2.45. The van der Waals surface area contributed by atoms with Crippen LogP contribution in [0.2, 0.25) is 0 Å². The first-order valence-corrected chi connectivity index (χ1v) is 9.92. The highest BCUT2D eigenvalue weighted by atomic mass is 32.1. The van der Waals surface area contributed by atoms with Crippen molar-refractivity contribution >= 4 is 17.3 Å². The van der Waals surface area contributed by atoms with Gasteiger partial charge in [0, 0.05) is 23.5 Å². The minimum absolute atomic E-state index is 0.0957. The Hall–Kier alpha value is -1.76. The number of aromatic nitrogens is 1. The average molecular weight is 373 g/mol. The second-order valence-electron chi connectivity index (χ2n) is 6.98. The van der Waals surface area contributed by atoms with Crippen LogP contribution in [0.1, 0.15) is 46.8 Å². The van der Waals surface area contributed by atoms with Gasteiger partial charge in [0.1, 0.15) is 4.88 Å². The first-order chi connectivity index (χ1) is 12.7. The van der Waals surface area contributed by atoms with Crippen LogP contribution < -0.4 is 0 Å². The van der Waals surface area contributed by atoms with E-state index in [0.29, 0.717) is 30.6 Å². The topological polar surface area (TPSA) is 57.7 Å². The molecule has 138 valence electrons. The number of carbonyl (C=O) groups is 1. The predicted molar refractivity (Wildman–Crippen MR) is 99.6 cm³/mol. The Bertz CT molecular complexity index is 772. The van der Waals surface area contributed by atoms with Crippen molar-refractivity contribution in [2.24, 2.45) is 0 Å². The van der Waals surface area contributed by atoms with Crippen LogP contribution in [0.4, 0.5) is 0 Å². The molecular weight excluding hydrogens is 350 g/mol. The fourth-order valence-corrected chi connectivity index (χ4v) is 4.94. The van der Waals surface area contributed by atoms with Crippen molar-refractivity contribution in [1.29, 1.82) is 0 Å². The summed E-state index contributed by atoms with van der Waals surface area (Å²) in [6.07, 6.45) is 7.83. The van der Waals surface area contributed by atoms with Crippen LogP contribution in [0.5, 0.6) is 0 Å². The van der Waals surface area contributed by atoms with Gasteiger partial charge in [-0.2, -0.15) is 0 Å². The lowest BCUT2D eigenvalue weighted by molar-refractivity contribution is -0.172. The molecule has 5 nitrogen and oxygen atoms in total. The van der Waals surface area contributed by atoms with Crippen LogP contribution in [-0.2, 0) is 14.2 Å². The van der Waals surface area contributed by atoms with E-state index in [2.05, 4.69) is 11.1 Å². The van der Waals surface area contributed by atoms with E-state index in [9.17, 15) is 4.79 Å². The normalized spacial score (nSPS) is 26.0. The maximum Gasteiger partial charge on any atom is 0.348 e. The van der Waals surface area contributed by atoms with Crippen LogP contribution in [0.3, 0.4) is 0 Å². The molecule has 1 saturated heterocycles. The molecule has 6 heteroatoms. The number of methoxy groups -OCH3 is 1. The standard InChI is InChI=1S/C20H23NO4S/c1-23-19(22)18-16(5-11-26-18)17-12-21-8-4-15(17)14-2-6-20(7-3-14)13-24-9-10-25-20/h4-5,8,11-12,14H,2-3,6-7,9-10,13H2,1H3. The van der Waals surface area contributed by atoms with Crippen molar-refractivity contribution in [3.63, 3.8) is 0 Å². The number of hydrogen-bond acceptors (Lipinski definition) is 6. The quantitative estimate of drug-likeness (QED) is 0.760. The number of thiophene rings is 1. The first kappa shape index (κ1) is 17.6. The van der Waals surface area contributed by atoms with E-state index in [1.807, 2.05) is 23.8 Å². The zero-order chi connectivity index (χ0) is 18.0. The minimum Gasteiger partial charge on any atom is -0.465 e. The number of ether oxygens (including phenoxy) is 3. The zero-order valence-corrected chi connectivity index (χ0v) is 15.7. The van der Waals surface area contributed by atoms with Crippen LogP contribution in [-0.4, -0.2) is 43.5 Å². The summed E-state index contributed by atoms with van der Waals surface area (Å²) < 4.78 is 16.7. The molecule has 2 aromatic heterocycles. The number of rotatable bonds is 3. The molecule has 0 aromatic carbocycles. The summed E-state index contributed by atoms with van der Waals surface area (Å²) in [5.74, 6) is 0.148. The lowest BCUT2D eigenvalue weighted by atomic mass is 9.75. The van der Waals surface area contributed by atoms with E-state index in [4.69, 9.17) is 14.2 Å². The van der Waals surface area contributed by atoms with E-state index in [0.717, 1.165) is 36.8 Å². The fourth-order valence-electron chi connectivity index (χ4n) is 4.12. The van der Waals surface area contributed by atoms with E-state index < -0.39 is 0 Å². The minimum atomic E-state index is -0.292. The Morgan fingerprint density at radius 2 is 2.12 bits per heavy atom. The van der Waals surface area contributed by atoms with E-state index >= 15 is 0 Å². The summed E-state index contributed by atoms with van der Waals surface area (Å²) in [6, 6.07) is 4.08. The molecule has 1 aliphatic heterocycles. The lowest BCUT2D eigenvalue weighted by Gasteiger charge is -2.42. The third-order valence-electron chi connectivity index (χ3n) is 5.52. The van der Waals surface area contributed by atoms with Crippen LogP contribution in [0.25, 0.3) is 11.1 Å². The first-order valence-electron chi connectivity index (χ1n) is 9.04. The van der Waals surface area contributed by atoms with Gasteiger partial charge in [-0.05, 0) is 54.7 Å². The van der Waals surface area contributed by atoms with Crippen LogP contribution in [0, 0.1) is 0 Å². The Morgan fingerprint density at radius 3 is 2.85 bits per heavy atom. The third kappa shape index (κ3) is 3.29. The monoisotopic (exact) mass is 373 g/mol. The number of pyridine rings is 1. The Kier molecular flexibility index (Phi) is 5.07. The highest BCUT2D eigenvalue weighted by Gasteiger charge is 2.39. The summed E-state index contributed by atoms with van der Waals surface area (Å²) in [7, 11) is 1.42. The van der Waals surface area contributed by atoms with E-state index in [1.54, 1.807) is 0 Å². The maximum absolute atomic E-state index is 12.1. The van der Waals surface area contributed by atoms with Gasteiger partial charge in [-0.3, -0.25) is 4.98 Å². The molecule has 0 N–H and O–H groups in total. The van der Waals surface area contributed by atoms with Gasteiger partial charge in [-0.25, -0.2) is 4.79 Å². The summed E-state index contributed by atoms with van der Waals surface area (Å²) in [5.41, 5.74) is 3.12. The number of nitrogens with zero attached hydrogens (tertiary/aromatic N) is 1. The Morgan fingerprint density at radius 1 is 1.27 bits per heavy atom. The number of carbonyl (C=O) groups excluding carboxylic acids is 1. The van der Waals surface area contributed by atoms with Gasteiger partial charge in [0.2, 0.25) is 0 Å². The fraction of sp³-hybridized carbons (Fsp3) is 0.500. The van der Waals surface area contributed by atoms with Crippen molar-refractivity contribution in [2.45, 2.75) is 37.2 Å². The highest BCUT2D eigenvalue weighted by molar-refractivity contribution is 7.12. The van der Waals surface area contributed by atoms with Gasteiger partial charge in [-0.1, -0.05) is 0 Å². The van der Waals surface area contributed by atoms with Gasteiger partial charge in [0.15, 0.2) is 0 Å². The molecule has 0 radical (unpaired) electrons. The molecule has 0 bridgehead atoms. The van der Waals surface area contributed by atoms with Gasteiger partial charge in [0.05, 0.1) is 32.5 Å². The predicted octanol–water partition coefficient (Wildman–Crippen LogP) is 4.04. The van der Waals surface area contributed by atoms with E-state index in [1.165, 1.54) is 24.0 Å². The molecule has 2 aliphatic rings. The molecule has 2 aromatic rings. The van der Waals surface area contributed by atoms with E-state index in [-0.39, 0.29) is 11.6 Å². The van der Waals surface area contributed by atoms with Crippen molar-refractivity contribution in [2.75, 3.05) is 26.9 Å². The summed E-state index contributed by atoms with van der Waals surface area (Å²) in [6.45, 7) is 2.11. The van der Waals surface area contributed by atoms with Crippen molar-refractivity contribution in [3.05, 3.63) is 40.3 Å². The molecule has 26 heavy (non-hydrogen) atoms. The number of esters is 1. The largest absolute Gasteiger partial charge is 0.465 e. The highest BCUT2D eigenvalue weighted by Crippen LogP contribution is 2.44. The average Bonchev–Trinajstić information content (AvgIpc) is 3.18. The Balaban J connectivity index is 1.60. The van der Waals surface area contributed by atoms with Crippen LogP contribution in [0.15, 0.2) is 29.9 Å². The molecule has 0 unspecified atom stereocenters. The maximum atomic E-state index is 12.1. The SMILES string of the molecule is COC(=O)c1sccc1-c1cnccc1C1CCC2(CC1)COCCO2. The van der Waals surface area contributed by atoms with Gasteiger partial charge in [0.25, 0.3) is 0 Å². The van der Waals surface area contributed by atoms with Gasteiger partial charge < -0.3 is 14.2 Å². The molecule has 1 aliphatic carbocycles. The van der Waals surface area contributed by atoms with Crippen molar-refractivity contribution in [3.8, 4) is 11.1 Å². The molecule has 1 saturated carbocycles. The van der Waals surface area contributed by atoms with Crippen molar-refractivity contribution in [1.82, 2.24) is 4.98 Å². The summed E-state index contributed by atoms with van der Waals surface area (Å²) >= 11 is 1.41. The molecule has 2 fully saturated rings. The van der Waals surface area contributed by atoms with Crippen LogP contribution >= 0.6 is 11.3 Å². The molecule has 4 rings (SSSR count). The second kappa shape index (κ2) is 7.47. The van der Waals surface area contributed by atoms with Crippen molar-refractivity contribution < 1.29 is 19.0 Å². The molecule has 1 spiro atoms. The van der Waals surface area contributed by atoms with Gasteiger partial charge in [-0.15, -0.1) is 11.3 Å². The molecular formula is C20H23NO4S. The number of hydrogen-bond donors (Lipinski definition) is 0. The zero-order valence-electron chi connectivity index (χ0n) is 14.9. The summed E-state index contributed by atoms with van der Waals surface area (Å²) in [4.78, 5) is 17.0.